The normalized spacial score (nSPS) is 16.7. The van der Waals surface area contributed by atoms with Crippen LogP contribution in [0, 0.1) is 12.8 Å². The molecule has 2 fully saturated rings. The Bertz CT molecular complexity index is 1000. The van der Waals surface area contributed by atoms with Crippen molar-refractivity contribution < 1.29 is 14.3 Å². The Morgan fingerprint density at radius 2 is 1.92 bits per heavy atom. The zero-order valence-corrected chi connectivity index (χ0v) is 21.9. The molecule has 0 bridgehead atoms. The zero-order valence-electron chi connectivity index (χ0n) is 21.9. The molecule has 2 N–H and O–H groups in total. The number of hydrogen-bond acceptors (Lipinski definition) is 8. The Balaban J connectivity index is 1.32. The molecule has 2 aliphatic heterocycles. The Labute approximate surface area is 214 Å². The summed E-state index contributed by atoms with van der Waals surface area (Å²) in [5.74, 6) is 3.47. The molecule has 4 rings (SSSR count). The number of benzene rings is 1. The minimum atomic E-state index is 0.165. The highest BCUT2D eigenvalue weighted by atomic mass is 16.5. The lowest BCUT2D eigenvalue weighted by atomic mass is 9.97. The maximum absolute atomic E-state index is 11.6. The van der Waals surface area contributed by atoms with Gasteiger partial charge >= 0.3 is 0 Å². The number of nitrogens with one attached hydrogen (secondary N) is 2. The van der Waals surface area contributed by atoms with E-state index in [0.29, 0.717) is 30.0 Å². The monoisotopic (exact) mass is 496 g/mol. The number of piperidine rings is 1. The van der Waals surface area contributed by atoms with Crippen LogP contribution in [0.3, 0.4) is 0 Å². The van der Waals surface area contributed by atoms with E-state index in [9.17, 15) is 4.79 Å². The summed E-state index contributed by atoms with van der Waals surface area (Å²) < 4.78 is 11.6. The van der Waals surface area contributed by atoms with Gasteiger partial charge in [-0.05, 0) is 70.2 Å². The molecule has 0 atom stereocenters. The largest absolute Gasteiger partial charge is 0.493 e. The van der Waals surface area contributed by atoms with Crippen LogP contribution < -0.4 is 20.1 Å². The van der Waals surface area contributed by atoms with Gasteiger partial charge in [-0.15, -0.1) is 0 Å². The molecule has 3 heterocycles. The number of aromatic nitrogens is 2. The van der Waals surface area contributed by atoms with Gasteiger partial charge in [-0.2, -0.15) is 4.98 Å². The summed E-state index contributed by atoms with van der Waals surface area (Å²) in [4.78, 5) is 25.2. The first-order valence-electron chi connectivity index (χ1n) is 13.1. The second kappa shape index (κ2) is 12.8. The smallest absolute Gasteiger partial charge is 0.229 e. The molecule has 9 nitrogen and oxygen atoms in total. The van der Waals surface area contributed by atoms with Crippen molar-refractivity contribution in [3.05, 3.63) is 30.0 Å². The van der Waals surface area contributed by atoms with Gasteiger partial charge in [0.2, 0.25) is 11.9 Å². The third kappa shape index (κ3) is 7.22. The molecule has 2 aliphatic rings. The predicted molar refractivity (Wildman–Crippen MR) is 142 cm³/mol. The second-order valence-electron chi connectivity index (χ2n) is 9.80. The summed E-state index contributed by atoms with van der Waals surface area (Å²) in [5, 5.41) is 6.80. The topological polar surface area (TPSA) is 91.9 Å². The van der Waals surface area contributed by atoms with Crippen LogP contribution in [0.25, 0.3) is 0 Å². The van der Waals surface area contributed by atoms with Crippen molar-refractivity contribution in [2.45, 2.75) is 46.0 Å². The molecule has 1 aromatic carbocycles. The summed E-state index contributed by atoms with van der Waals surface area (Å²) in [6, 6.07) is 5.78. The number of carbonyl (C=O) groups is 1. The average molecular weight is 497 g/mol. The van der Waals surface area contributed by atoms with Gasteiger partial charge in [0, 0.05) is 56.6 Å². The standard InChI is InChI=1S/C27H40N6O3/c1-20-18-29-27(31-26(20)28-19-22-9-14-33(15-10-22)21(2)34)30-23-7-8-24(35-3)25(17-23)36-16-6-13-32-11-4-5-12-32/h7-8,17-18,22H,4-6,9-16,19H2,1-3H3,(H2,28,29,30,31). The van der Waals surface area contributed by atoms with Crippen molar-refractivity contribution >= 4 is 23.4 Å². The van der Waals surface area contributed by atoms with Gasteiger partial charge in [0.1, 0.15) is 5.82 Å². The third-order valence-corrected chi connectivity index (χ3v) is 7.08. The molecular weight excluding hydrogens is 456 g/mol. The Morgan fingerprint density at radius 3 is 2.64 bits per heavy atom. The molecule has 0 aliphatic carbocycles. The van der Waals surface area contributed by atoms with Gasteiger partial charge in [-0.1, -0.05) is 0 Å². The SMILES string of the molecule is COc1ccc(Nc2ncc(C)c(NCC3CCN(C(C)=O)CC3)n2)cc1OCCCN1CCCC1. The minimum absolute atomic E-state index is 0.165. The summed E-state index contributed by atoms with van der Waals surface area (Å²) >= 11 is 0. The molecule has 1 aromatic heterocycles. The molecule has 0 unspecified atom stereocenters. The lowest BCUT2D eigenvalue weighted by Crippen LogP contribution is -2.38. The van der Waals surface area contributed by atoms with Crippen molar-refractivity contribution in [3.63, 3.8) is 0 Å². The second-order valence-corrected chi connectivity index (χ2v) is 9.80. The average Bonchev–Trinajstić information content (AvgIpc) is 3.41. The number of amides is 1. The van der Waals surface area contributed by atoms with E-state index in [-0.39, 0.29) is 5.91 Å². The van der Waals surface area contributed by atoms with E-state index in [1.165, 1.54) is 25.9 Å². The summed E-state index contributed by atoms with van der Waals surface area (Å²) in [5.41, 5.74) is 1.84. The molecule has 0 saturated carbocycles. The van der Waals surface area contributed by atoms with E-state index in [1.54, 1.807) is 14.0 Å². The number of ether oxygens (including phenoxy) is 2. The van der Waals surface area contributed by atoms with Crippen LogP contribution in [0.1, 0.15) is 44.6 Å². The highest BCUT2D eigenvalue weighted by molar-refractivity contribution is 5.73. The first kappa shape index (κ1) is 26.0. The maximum atomic E-state index is 11.6. The minimum Gasteiger partial charge on any atom is -0.493 e. The number of methoxy groups -OCH3 is 1. The lowest BCUT2D eigenvalue weighted by molar-refractivity contribution is -0.130. The highest BCUT2D eigenvalue weighted by Crippen LogP contribution is 2.31. The van der Waals surface area contributed by atoms with Gasteiger partial charge in [0.05, 0.1) is 13.7 Å². The predicted octanol–water partition coefficient (Wildman–Crippen LogP) is 4.07. The van der Waals surface area contributed by atoms with Crippen molar-refractivity contribution in [1.29, 1.82) is 0 Å². The quantitative estimate of drug-likeness (QED) is 0.450. The van der Waals surface area contributed by atoms with Crippen molar-refractivity contribution in [3.8, 4) is 11.5 Å². The first-order chi connectivity index (χ1) is 17.5. The molecule has 9 heteroatoms. The van der Waals surface area contributed by atoms with E-state index in [4.69, 9.17) is 14.5 Å². The van der Waals surface area contributed by atoms with Crippen LogP contribution in [0.15, 0.2) is 24.4 Å². The molecule has 196 valence electrons. The van der Waals surface area contributed by atoms with E-state index in [1.807, 2.05) is 36.2 Å². The Hall–Kier alpha value is -3.07. The number of nitrogens with zero attached hydrogens (tertiary/aromatic N) is 4. The maximum Gasteiger partial charge on any atom is 0.229 e. The highest BCUT2D eigenvalue weighted by Gasteiger charge is 2.21. The fourth-order valence-electron chi connectivity index (χ4n) is 4.85. The summed E-state index contributed by atoms with van der Waals surface area (Å²) in [6.45, 7) is 10.3. The Morgan fingerprint density at radius 1 is 1.14 bits per heavy atom. The van der Waals surface area contributed by atoms with Crippen molar-refractivity contribution in [2.75, 3.05) is 63.6 Å². The first-order valence-corrected chi connectivity index (χ1v) is 13.1. The third-order valence-electron chi connectivity index (χ3n) is 7.08. The summed E-state index contributed by atoms with van der Waals surface area (Å²) in [6.07, 6.45) is 7.45. The van der Waals surface area contributed by atoms with Gasteiger partial charge in [-0.3, -0.25) is 4.79 Å². The Kier molecular flexibility index (Phi) is 9.22. The fraction of sp³-hybridized carbons (Fsp3) is 0.593. The number of anilines is 3. The van der Waals surface area contributed by atoms with Crippen LogP contribution in [0.5, 0.6) is 11.5 Å². The van der Waals surface area contributed by atoms with Gasteiger partial charge in [-0.25, -0.2) is 4.98 Å². The van der Waals surface area contributed by atoms with Crippen LogP contribution >= 0.6 is 0 Å². The van der Waals surface area contributed by atoms with E-state index >= 15 is 0 Å². The number of hydrogen-bond donors (Lipinski definition) is 2. The van der Waals surface area contributed by atoms with E-state index < -0.39 is 0 Å². The molecule has 2 aromatic rings. The number of likely N-dealkylation sites (tertiary alicyclic amines) is 2. The zero-order chi connectivity index (χ0) is 25.3. The molecule has 2 saturated heterocycles. The summed E-state index contributed by atoms with van der Waals surface area (Å²) in [7, 11) is 1.66. The van der Waals surface area contributed by atoms with E-state index in [0.717, 1.165) is 62.5 Å². The van der Waals surface area contributed by atoms with Crippen LogP contribution in [0.4, 0.5) is 17.5 Å². The number of rotatable bonds is 11. The van der Waals surface area contributed by atoms with Gasteiger partial charge in [0.25, 0.3) is 0 Å². The number of aryl methyl sites for hydroxylation is 1. The van der Waals surface area contributed by atoms with Gasteiger partial charge < -0.3 is 29.9 Å². The molecule has 1 amide bonds. The van der Waals surface area contributed by atoms with Crippen LogP contribution in [-0.4, -0.2) is 78.7 Å². The van der Waals surface area contributed by atoms with Crippen LogP contribution in [-0.2, 0) is 4.79 Å². The number of carbonyl (C=O) groups excluding carboxylic acids is 1. The molecule has 0 spiro atoms. The van der Waals surface area contributed by atoms with Crippen molar-refractivity contribution in [1.82, 2.24) is 19.8 Å². The molecule has 36 heavy (non-hydrogen) atoms. The molecular formula is C27H40N6O3. The molecule has 0 radical (unpaired) electrons. The van der Waals surface area contributed by atoms with Crippen LogP contribution in [0.2, 0.25) is 0 Å². The lowest BCUT2D eigenvalue weighted by Gasteiger charge is -2.31. The van der Waals surface area contributed by atoms with Crippen molar-refractivity contribution in [2.24, 2.45) is 5.92 Å². The fourth-order valence-corrected chi connectivity index (χ4v) is 4.85. The van der Waals surface area contributed by atoms with E-state index in [2.05, 4.69) is 20.5 Å². The van der Waals surface area contributed by atoms with Gasteiger partial charge in [0.15, 0.2) is 11.5 Å².